The third kappa shape index (κ3) is 13.1. The smallest absolute Gasteiger partial charge is 0.330 e. The summed E-state index contributed by atoms with van der Waals surface area (Å²) in [4.78, 5) is 0. The van der Waals surface area contributed by atoms with E-state index in [9.17, 15) is 0 Å². The minimum absolute atomic E-state index is 0.787. The lowest BCUT2D eigenvalue weighted by Gasteiger charge is -1.96. The van der Waals surface area contributed by atoms with Crippen LogP contribution in [0, 0.1) is 0 Å². The molecule has 0 aromatic heterocycles. The van der Waals surface area contributed by atoms with Crippen LogP contribution >= 0.6 is 0 Å². The first-order valence-electron chi connectivity index (χ1n) is 4.37. The molecule has 1 aromatic rings. The maximum Gasteiger partial charge on any atom is 0.394 e. The van der Waals surface area contributed by atoms with Gasteiger partial charge in [-0.05, 0) is 24.9 Å². The summed E-state index contributed by atoms with van der Waals surface area (Å²) < 4.78 is 31.6. The highest BCUT2D eigenvalue weighted by atomic mass is 32.3. The van der Waals surface area contributed by atoms with Crippen LogP contribution in [-0.2, 0) is 16.8 Å². The monoisotopic (exact) mass is 233 g/mol. The minimum Gasteiger partial charge on any atom is -0.330 e. The van der Waals surface area contributed by atoms with Crippen LogP contribution in [0.25, 0.3) is 0 Å². The lowest BCUT2D eigenvalue weighted by molar-refractivity contribution is 0.381. The van der Waals surface area contributed by atoms with Crippen LogP contribution in [0.1, 0.15) is 12.0 Å². The Bertz CT molecular complexity index is 342. The molecule has 0 unspecified atom stereocenters. The standard InChI is InChI=1S/C9H13N.H2O4S/c10-8-4-7-9-5-2-1-3-6-9;1-5(2,3)4/h1-3,5-6H,4,7-8,10H2;(H2,1,2,3,4). The Morgan fingerprint density at radius 1 is 1.13 bits per heavy atom. The zero-order chi connectivity index (χ0) is 11.7. The number of nitrogens with two attached hydrogens (primary N) is 1. The Morgan fingerprint density at radius 3 is 2.00 bits per heavy atom. The van der Waals surface area contributed by atoms with E-state index < -0.39 is 10.4 Å². The molecule has 86 valence electrons. The van der Waals surface area contributed by atoms with Crippen LogP contribution in [0.5, 0.6) is 0 Å². The fraction of sp³-hybridized carbons (Fsp3) is 0.333. The van der Waals surface area contributed by atoms with Crippen LogP contribution in [0.15, 0.2) is 30.3 Å². The molecule has 0 heterocycles. The molecule has 1 rings (SSSR count). The number of hydrogen-bond donors (Lipinski definition) is 3. The van der Waals surface area contributed by atoms with Crippen LogP contribution in [0.2, 0.25) is 0 Å². The average molecular weight is 233 g/mol. The quantitative estimate of drug-likeness (QED) is 0.674. The van der Waals surface area contributed by atoms with E-state index in [4.69, 9.17) is 23.3 Å². The average Bonchev–Trinajstić information content (AvgIpc) is 2.14. The van der Waals surface area contributed by atoms with Crippen LogP contribution < -0.4 is 5.73 Å². The van der Waals surface area contributed by atoms with Crippen molar-refractivity contribution in [3.63, 3.8) is 0 Å². The molecular formula is C9H15NO4S. The Balaban J connectivity index is 0.000000336. The molecular weight excluding hydrogens is 218 g/mol. The third-order valence-corrected chi connectivity index (χ3v) is 1.51. The van der Waals surface area contributed by atoms with Crippen molar-refractivity contribution in [2.75, 3.05) is 6.54 Å². The highest BCUT2D eigenvalue weighted by molar-refractivity contribution is 7.79. The summed E-state index contributed by atoms with van der Waals surface area (Å²) in [5.41, 5.74) is 6.76. The second-order valence-electron chi connectivity index (χ2n) is 2.83. The van der Waals surface area contributed by atoms with Gasteiger partial charge in [0.2, 0.25) is 0 Å². The maximum atomic E-state index is 8.74. The minimum atomic E-state index is -4.67. The summed E-state index contributed by atoms with van der Waals surface area (Å²) in [6, 6.07) is 10.4. The second kappa shape index (κ2) is 7.36. The second-order valence-corrected chi connectivity index (χ2v) is 3.72. The molecule has 0 aliphatic carbocycles. The summed E-state index contributed by atoms with van der Waals surface area (Å²) in [5, 5.41) is 0. The van der Waals surface area contributed by atoms with Crippen molar-refractivity contribution < 1.29 is 17.5 Å². The lowest BCUT2D eigenvalue weighted by Crippen LogP contribution is -1.99. The van der Waals surface area contributed by atoms with Crippen LogP contribution in [0.3, 0.4) is 0 Å². The molecule has 0 aliphatic rings. The van der Waals surface area contributed by atoms with E-state index in [-0.39, 0.29) is 0 Å². The predicted octanol–water partition coefficient (Wildman–Crippen LogP) is 0.925. The topological polar surface area (TPSA) is 101 Å². The molecule has 0 spiro atoms. The van der Waals surface area contributed by atoms with E-state index in [1.807, 2.05) is 6.07 Å². The molecule has 6 heteroatoms. The van der Waals surface area contributed by atoms with Gasteiger partial charge in [0.1, 0.15) is 0 Å². The van der Waals surface area contributed by atoms with Crippen molar-refractivity contribution in [2.45, 2.75) is 12.8 Å². The molecule has 0 aliphatic heterocycles. The number of aryl methyl sites for hydroxylation is 1. The Labute approximate surface area is 89.5 Å². The van der Waals surface area contributed by atoms with Crippen molar-refractivity contribution in [1.82, 2.24) is 0 Å². The molecule has 0 atom stereocenters. The van der Waals surface area contributed by atoms with E-state index in [0.717, 1.165) is 19.4 Å². The first kappa shape index (κ1) is 14.1. The van der Waals surface area contributed by atoms with Gasteiger partial charge in [0.25, 0.3) is 0 Å². The third-order valence-electron chi connectivity index (χ3n) is 1.51. The van der Waals surface area contributed by atoms with E-state index in [0.29, 0.717) is 0 Å². The summed E-state index contributed by atoms with van der Waals surface area (Å²) in [5.74, 6) is 0. The molecule has 5 nitrogen and oxygen atoms in total. The van der Waals surface area contributed by atoms with Crippen molar-refractivity contribution in [2.24, 2.45) is 5.73 Å². The largest absolute Gasteiger partial charge is 0.394 e. The van der Waals surface area contributed by atoms with Gasteiger partial charge in [-0.15, -0.1) is 0 Å². The van der Waals surface area contributed by atoms with Gasteiger partial charge < -0.3 is 5.73 Å². The summed E-state index contributed by atoms with van der Waals surface area (Å²) in [7, 11) is -4.67. The highest BCUT2D eigenvalue weighted by Gasteiger charge is 1.87. The van der Waals surface area contributed by atoms with E-state index in [1.54, 1.807) is 0 Å². The molecule has 4 N–H and O–H groups in total. The lowest BCUT2D eigenvalue weighted by atomic mass is 10.1. The van der Waals surface area contributed by atoms with Gasteiger partial charge in [-0.2, -0.15) is 8.42 Å². The van der Waals surface area contributed by atoms with Gasteiger partial charge >= 0.3 is 10.4 Å². The van der Waals surface area contributed by atoms with Gasteiger partial charge in [0.15, 0.2) is 0 Å². The van der Waals surface area contributed by atoms with Gasteiger partial charge in [-0.25, -0.2) is 0 Å². The Morgan fingerprint density at radius 2 is 1.60 bits per heavy atom. The number of benzene rings is 1. The van der Waals surface area contributed by atoms with Crippen LogP contribution in [-0.4, -0.2) is 24.1 Å². The van der Waals surface area contributed by atoms with Crippen molar-refractivity contribution in [3.05, 3.63) is 35.9 Å². The molecule has 0 radical (unpaired) electrons. The van der Waals surface area contributed by atoms with Crippen molar-refractivity contribution in [1.29, 1.82) is 0 Å². The number of rotatable bonds is 3. The zero-order valence-corrected chi connectivity index (χ0v) is 9.02. The Kier molecular flexibility index (Phi) is 6.89. The SMILES string of the molecule is NCCCc1ccccc1.O=S(=O)(O)O. The molecule has 0 saturated heterocycles. The van der Waals surface area contributed by atoms with E-state index >= 15 is 0 Å². The maximum absolute atomic E-state index is 8.74. The molecule has 15 heavy (non-hydrogen) atoms. The molecule has 0 bridgehead atoms. The van der Waals surface area contributed by atoms with Gasteiger partial charge in [-0.1, -0.05) is 30.3 Å². The fourth-order valence-electron chi connectivity index (χ4n) is 0.951. The first-order chi connectivity index (χ1) is 6.93. The normalized spacial score (nSPS) is 10.3. The molecule has 0 fully saturated rings. The molecule has 0 amide bonds. The van der Waals surface area contributed by atoms with E-state index in [1.165, 1.54) is 5.56 Å². The van der Waals surface area contributed by atoms with Crippen LogP contribution in [0.4, 0.5) is 0 Å². The van der Waals surface area contributed by atoms with E-state index in [2.05, 4.69) is 24.3 Å². The predicted molar refractivity (Wildman–Crippen MR) is 58.0 cm³/mol. The first-order valence-corrected chi connectivity index (χ1v) is 5.77. The van der Waals surface area contributed by atoms with Crippen molar-refractivity contribution in [3.8, 4) is 0 Å². The summed E-state index contributed by atoms with van der Waals surface area (Å²) in [6.07, 6.45) is 2.20. The van der Waals surface area contributed by atoms with Crippen molar-refractivity contribution >= 4 is 10.4 Å². The van der Waals surface area contributed by atoms with Gasteiger partial charge in [0.05, 0.1) is 0 Å². The number of hydrogen-bond acceptors (Lipinski definition) is 3. The fourth-order valence-corrected chi connectivity index (χ4v) is 0.951. The Hall–Kier alpha value is -0.950. The zero-order valence-electron chi connectivity index (χ0n) is 8.20. The highest BCUT2D eigenvalue weighted by Crippen LogP contribution is 2.00. The van der Waals surface area contributed by atoms with Gasteiger partial charge in [0, 0.05) is 0 Å². The molecule has 0 saturated carbocycles. The molecule has 1 aromatic carbocycles. The van der Waals surface area contributed by atoms with Gasteiger partial charge in [-0.3, -0.25) is 9.11 Å². The summed E-state index contributed by atoms with van der Waals surface area (Å²) >= 11 is 0. The summed E-state index contributed by atoms with van der Waals surface area (Å²) in [6.45, 7) is 0.787.